The first-order valence-corrected chi connectivity index (χ1v) is 9.10. The van der Waals surface area contributed by atoms with Gasteiger partial charge in [0.2, 0.25) is 5.91 Å². The zero-order chi connectivity index (χ0) is 18.5. The maximum absolute atomic E-state index is 12.9. The van der Waals surface area contributed by atoms with Gasteiger partial charge in [-0.2, -0.15) is 0 Å². The second-order valence-electron chi connectivity index (χ2n) is 6.54. The third-order valence-electron chi connectivity index (χ3n) is 4.68. The predicted molar refractivity (Wildman–Crippen MR) is 99.4 cm³/mol. The lowest BCUT2D eigenvalue weighted by atomic mass is 10.1. The fourth-order valence-electron chi connectivity index (χ4n) is 3.37. The number of hydrogen-bond donors (Lipinski definition) is 1. The maximum atomic E-state index is 12.9. The van der Waals surface area contributed by atoms with Crippen molar-refractivity contribution in [3.8, 4) is 11.4 Å². The van der Waals surface area contributed by atoms with E-state index in [-0.39, 0.29) is 18.5 Å². The van der Waals surface area contributed by atoms with Crippen molar-refractivity contribution in [2.45, 2.75) is 25.4 Å². The molecule has 7 heteroatoms. The normalized spacial score (nSPS) is 15.6. The van der Waals surface area contributed by atoms with Crippen LogP contribution in [0, 0.1) is 0 Å². The predicted octanol–water partition coefficient (Wildman–Crippen LogP) is 2.58. The average molecular weight is 363 g/mol. The molecule has 1 saturated heterocycles. The maximum Gasteiger partial charge on any atom is 0.242 e. The van der Waals surface area contributed by atoms with Gasteiger partial charge in [-0.1, -0.05) is 17.3 Å². The Hall–Kier alpha value is -3.06. The van der Waals surface area contributed by atoms with Crippen molar-refractivity contribution in [3.63, 3.8) is 0 Å². The van der Waals surface area contributed by atoms with Crippen LogP contribution in [0.4, 0.5) is 0 Å². The van der Waals surface area contributed by atoms with Gasteiger partial charge < -0.3 is 9.84 Å². The molecule has 1 aliphatic heterocycles. The van der Waals surface area contributed by atoms with E-state index in [2.05, 4.69) is 25.3 Å². The number of nitrogens with zero attached hydrogens (tertiary/aromatic N) is 4. The summed E-state index contributed by atoms with van der Waals surface area (Å²) in [5.74, 6) is 0.538. The Bertz CT molecular complexity index is 876. The van der Waals surface area contributed by atoms with E-state index in [0.717, 1.165) is 37.2 Å². The highest BCUT2D eigenvalue weighted by atomic mass is 16.5. The van der Waals surface area contributed by atoms with Crippen molar-refractivity contribution in [2.75, 3.05) is 13.1 Å². The molecule has 1 aliphatic rings. The molecule has 1 atom stereocenters. The second-order valence-corrected chi connectivity index (χ2v) is 6.54. The molecular weight excluding hydrogens is 342 g/mol. The molecule has 0 spiro atoms. The molecule has 138 valence electrons. The minimum atomic E-state index is -0.334. The molecule has 0 radical (unpaired) electrons. The number of aromatic nitrogens is 3. The molecule has 7 nitrogen and oxygen atoms in total. The van der Waals surface area contributed by atoms with Gasteiger partial charge in [0.15, 0.2) is 5.76 Å². The minimum Gasteiger partial charge on any atom is -0.359 e. The summed E-state index contributed by atoms with van der Waals surface area (Å²) in [5, 5.41) is 7.01. The Balaban J connectivity index is 1.45. The number of pyridine rings is 2. The fourth-order valence-corrected chi connectivity index (χ4v) is 3.37. The number of carbonyl (C=O) groups is 1. The van der Waals surface area contributed by atoms with Crippen LogP contribution >= 0.6 is 0 Å². The van der Waals surface area contributed by atoms with Gasteiger partial charge in [0.25, 0.3) is 0 Å². The van der Waals surface area contributed by atoms with Crippen LogP contribution in [0.5, 0.6) is 0 Å². The molecular formula is C20H21N5O2. The van der Waals surface area contributed by atoms with E-state index in [1.54, 1.807) is 24.7 Å². The van der Waals surface area contributed by atoms with E-state index in [1.165, 1.54) is 0 Å². The first-order valence-electron chi connectivity index (χ1n) is 9.10. The highest BCUT2D eigenvalue weighted by molar-refractivity contribution is 5.83. The molecule has 0 bridgehead atoms. The summed E-state index contributed by atoms with van der Waals surface area (Å²) in [4.78, 5) is 23.6. The Morgan fingerprint density at radius 1 is 1.15 bits per heavy atom. The summed E-state index contributed by atoms with van der Waals surface area (Å²) in [6.45, 7) is 2.11. The van der Waals surface area contributed by atoms with E-state index < -0.39 is 0 Å². The summed E-state index contributed by atoms with van der Waals surface area (Å²) in [5.41, 5.74) is 2.30. The number of amides is 1. The van der Waals surface area contributed by atoms with Crippen molar-refractivity contribution in [2.24, 2.45) is 0 Å². The largest absolute Gasteiger partial charge is 0.359 e. The van der Waals surface area contributed by atoms with Crippen molar-refractivity contribution in [1.82, 2.24) is 25.3 Å². The Morgan fingerprint density at radius 2 is 2.04 bits per heavy atom. The SMILES string of the molecule is O=C(NCc1cc(-c2ccccn2)no1)[C@H](c1cccnc1)N1CCCC1. The number of nitrogens with one attached hydrogen (secondary N) is 1. The van der Waals surface area contributed by atoms with Crippen molar-refractivity contribution in [1.29, 1.82) is 0 Å². The lowest BCUT2D eigenvalue weighted by molar-refractivity contribution is -0.126. The third kappa shape index (κ3) is 4.03. The number of likely N-dealkylation sites (tertiary alicyclic amines) is 1. The van der Waals surface area contributed by atoms with Crippen molar-refractivity contribution < 1.29 is 9.32 Å². The van der Waals surface area contributed by atoms with E-state index in [0.29, 0.717) is 11.5 Å². The quantitative estimate of drug-likeness (QED) is 0.725. The van der Waals surface area contributed by atoms with Crippen LogP contribution in [0.1, 0.15) is 30.2 Å². The molecule has 1 N–H and O–H groups in total. The highest BCUT2D eigenvalue weighted by Crippen LogP contribution is 2.25. The average Bonchev–Trinajstić information content (AvgIpc) is 3.41. The van der Waals surface area contributed by atoms with E-state index in [4.69, 9.17) is 4.52 Å². The lowest BCUT2D eigenvalue weighted by Gasteiger charge is -2.26. The number of hydrogen-bond acceptors (Lipinski definition) is 6. The lowest BCUT2D eigenvalue weighted by Crippen LogP contribution is -2.39. The highest BCUT2D eigenvalue weighted by Gasteiger charge is 2.29. The standard InChI is InChI=1S/C20H21N5O2/c26-20(19(25-10-3-4-11-25)15-6-5-8-21-13-15)23-14-16-12-18(24-27-16)17-7-1-2-9-22-17/h1-2,5-9,12-13,19H,3-4,10-11,14H2,(H,23,26)/t19-/m0/s1. The smallest absolute Gasteiger partial charge is 0.242 e. The van der Waals surface area contributed by atoms with Gasteiger partial charge in [0, 0.05) is 24.7 Å². The fraction of sp³-hybridized carbons (Fsp3) is 0.300. The summed E-state index contributed by atoms with van der Waals surface area (Å²) in [6.07, 6.45) is 7.41. The number of rotatable bonds is 6. The molecule has 0 unspecified atom stereocenters. The van der Waals surface area contributed by atoms with Crippen LogP contribution in [-0.2, 0) is 11.3 Å². The van der Waals surface area contributed by atoms with Gasteiger partial charge in [0.1, 0.15) is 11.7 Å². The molecule has 1 amide bonds. The Kier molecular flexibility index (Phi) is 5.20. The van der Waals surface area contributed by atoms with E-state index in [1.807, 2.05) is 30.3 Å². The van der Waals surface area contributed by atoms with Gasteiger partial charge in [-0.3, -0.25) is 19.7 Å². The molecule has 3 aromatic rings. The molecule has 3 aromatic heterocycles. The van der Waals surface area contributed by atoms with Gasteiger partial charge in [-0.05, 0) is 49.7 Å². The summed E-state index contributed by atoms with van der Waals surface area (Å²) < 4.78 is 5.35. The minimum absolute atomic E-state index is 0.0549. The van der Waals surface area contributed by atoms with Gasteiger partial charge in [-0.25, -0.2) is 0 Å². The molecule has 4 rings (SSSR count). The first-order chi connectivity index (χ1) is 13.3. The van der Waals surface area contributed by atoms with E-state index in [9.17, 15) is 4.79 Å². The Labute approximate surface area is 157 Å². The van der Waals surface area contributed by atoms with Crippen molar-refractivity contribution in [3.05, 3.63) is 66.3 Å². The van der Waals surface area contributed by atoms with Gasteiger partial charge in [-0.15, -0.1) is 0 Å². The summed E-state index contributed by atoms with van der Waals surface area (Å²) in [6, 6.07) is 10.9. The van der Waals surface area contributed by atoms with Crippen molar-refractivity contribution >= 4 is 5.91 Å². The topological polar surface area (TPSA) is 84.2 Å². The van der Waals surface area contributed by atoms with Gasteiger partial charge in [0.05, 0.1) is 12.2 Å². The van der Waals surface area contributed by atoms with Crippen LogP contribution < -0.4 is 5.32 Å². The second kappa shape index (κ2) is 8.09. The third-order valence-corrected chi connectivity index (χ3v) is 4.68. The van der Waals surface area contributed by atoms with Gasteiger partial charge >= 0.3 is 0 Å². The molecule has 1 fully saturated rings. The van der Waals surface area contributed by atoms with Crippen LogP contribution in [-0.4, -0.2) is 39.0 Å². The van der Waals surface area contributed by atoms with Crippen LogP contribution in [0.15, 0.2) is 59.5 Å². The first kappa shape index (κ1) is 17.4. The Morgan fingerprint density at radius 3 is 2.78 bits per heavy atom. The monoisotopic (exact) mass is 363 g/mol. The molecule has 0 aliphatic carbocycles. The van der Waals surface area contributed by atoms with E-state index >= 15 is 0 Å². The molecule has 0 saturated carbocycles. The summed E-state index contributed by atoms with van der Waals surface area (Å²) >= 11 is 0. The summed E-state index contributed by atoms with van der Waals surface area (Å²) in [7, 11) is 0. The zero-order valence-corrected chi connectivity index (χ0v) is 14.9. The van der Waals surface area contributed by atoms with Crippen LogP contribution in [0.3, 0.4) is 0 Å². The van der Waals surface area contributed by atoms with Crippen LogP contribution in [0.25, 0.3) is 11.4 Å². The zero-order valence-electron chi connectivity index (χ0n) is 14.9. The number of carbonyl (C=O) groups excluding carboxylic acids is 1. The molecule has 4 heterocycles. The molecule has 0 aromatic carbocycles. The van der Waals surface area contributed by atoms with Crippen LogP contribution in [0.2, 0.25) is 0 Å². The molecule has 27 heavy (non-hydrogen) atoms.